The number of rotatable bonds is 6. The molecule has 0 aliphatic carbocycles. The van der Waals surface area contributed by atoms with Crippen LogP contribution in [0.15, 0.2) is 425 Å². The molecule has 13 heterocycles. The van der Waals surface area contributed by atoms with Gasteiger partial charge in [-0.05, 0) is 144 Å². The first kappa shape index (κ1) is 77.7. The van der Waals surface area contributed by atoms with Gasteiger partial charge in [0.25, 0.3) is 0 Å². The van der Waals surface area contributed by atoms with Gasteiger partial charge in [0.2, 0.25) is 22.8 Å². The van der Waals surface area contributed by atoms with Gasteiger partial charge in [0, 0.05) is 160 Å². The first-order chi connectivity index (χ1) is 64.5. The molecule has 4 aliphatic rings. The van der Waals surface area contributed by atoms with Gasteiger partial charge < -0.3 is 19.6 Å². The van der Waals surface area contributed by atoms with Crippen LogP contribution in [0.2, 0.25) is 0 Å². The monoisotopic (exact) mass is 2040 g/mol. The Bertz CT molecular complexity index is 7850. The number of aliphatic hydroxyl groups is 1. The van der Waals surface area contributed by atoms with E-state index in [0.717, 1.165) is 70.3 Å². The number of thiophene rings is 2. The number of aromatic nitrogens is 8. The summed E-state index contributed by atoms with van der Waals surface area (Å²) in [6.07, 6.45) is 12.7. The van der Waals surface area contributed by atoms with Crippen LogP contribution in [0.5, 0.6) is 0 Å². The van der Waals surface area contributed by atoms with E-state index in [-0.39, 0.29) is 112 Å². The van der Waals surface area contributed by atoms with Crippen molar-refractivity contribution < 1.29 is 78.0 Å². The Morgan fingerprint density at radius 3 is 1.71 bits per heavy atom. The Labute approximate surface area is 784 Å². The number of aryl methyl sites for hydroxylation is 1. The molecule has 0 fully saturated rings. The number of benzene rings is 12. The van der Waals surface area contributed by atoms with E-state index >= 15 is 0 Å². The molecule has 14 heteroatoms. The number of imidazole rings is 1. The number of fused-ring (bicyclic) bond motifs is 20. The molecule has 0 atom stereocenters. The van der Waals surface area contributed by atoms with E-state index in [2.05, 4.69) is 278 Å². The van der Waals surface area contributed by atoms with Crippen LogP contribution in [0, 0.1) is 25.1 Å². The van der Waals surface area contributed by atoms with Gasteiger partial charge in [-0.3, -0.25) is 9.78 Å². The van der Waals surface area contributed by atoms with Crippen LogP contribution in [0.4, 0.5) is 0 Å². The van der Waals surface area contributed by atoms with Gasteiger partial charge >= 0.3 is 0 Å². The molecule has 620 valence electrons. The Balaban J connectivity index is 0.000000113. The van der Waals surface area contributed by atoms with Crippen molar-refractivity contribution in [2.75, 3.05) is 0 Å². The number of nitrogens with zero attached hydrogens (tertiary/aromatic N) is 8. The minimum atomic E-state index is -0.344. The van der Waals surface area contributed by atoms with Crippen LogP contribution in [-0.4, -0.2) is 30.4 Å². The van der Waals surface area contributed by atoms with Gasteiger partial charge in [-0.15, -0.1) is 107 Å². The van der Waals surface area contributed by atoms with E-state index in [1.54, 1.807) is 10.8 Å². The molecule has 0 amide bonds. The third-order valence-corrected chi connectivity index (χ3v) is 24.1. The Hall–Kier alpha value is -14.0. The average molecular weight is 2040 g/mol. The zero-order valence-corrected chi connectivity index (χ0v) is 76.0. The Morgan fingerprint density at radius 1 is 0.425 bits per heavy atom. The second-order valence-corrected chi connectivity index (χ2v) is 32.2. The van der Waals surface area contributed by atoms with Gasteiger partial charge in [-0.25, -0.2) is 0 Å². The van der Waals surface area contributed by atoms with Crippen LogP contribution in [0.3, 0.4) is 0 Å². The van der Waals surface area contributed by atoms with Gasteiger partial charge in [0.05, 0.1) is 54.5 Å². The number of pyridine rings is 6. The summed E-state index contributed by atoms with van der Waals surface area (Å²) in [6, 6.07) is 124. The molecule has 21 aromatic rings. The van der Waals surface area contributed by atoms with Crippen molar-refractivity contribution in [1.82, 2.24) is 19.5 Å². The van der Waals surface area contributed by atoms with E-state index in [4.69, 9.17) is 19.7 Å². The van der Waals surface area contributed by atoms with Crippen LogP contribution >= 0.6 is 22.7 Å². The van der Waals surface area contributed by atoms with Crippen LogP contribution in [-0.2, 0) is 71.2 Å². The molecule has 0 unspecified atom stereocenters. The molecule has 1 N–H and O–H groups in total. The van der Waals surface area contributed by atoms with Crippen molar-refractivity contribution in [2.24, 2.45) is 0 Å². The summed E-state index contributed by atoms with van der Waals surface area (Å²) >= 11 is 3.73. The number of carbonyl (C=O) groups is 1. The minimum Gasteiger partial charge on any atom is -0.512 e. The molecule has 25 rings (SSSR count). The topological polar surface area (TPSA) is 96.4 Å². The average Bonchev–Trinajstić information content (AvgIpc) is 1.58. The van der Waals surface area contributed by atoms with Crippen molar-refractivity contribution in [3.05, 3.63) is 471 Å². The molecular weight excluding hydrogens is 1950 g/mol. The number of carbonyl (C=O) groups excluding carboxylic acids is 1. The smallest absolute Gasteiger partial charge is 0.214 e. The van der Waals surface area contributed by atoms with E-state index in [1.807, 2.05) is 156 Å². The summed E-state index contributed by atoms with van der Waals surface area (Å²) in [6.45, 7) is 8.19. The summed E-state index contributed by atoms with van der Waals surface area (Å²) in [5.41, 5.74) is 25.6. The predicted molar refractivity (Wildman–Crippen MR) is 510 cm³/mol. The molecule has 9 aromatic heterocycles. The fraction of sp³-hybridized carbons (Fsp3) is 0.0619. The van der Waals surface area contributed by atoms with Crippen LogP contribution in [0.1, 0.15) is 51.3 Å². The second-order valence-electron chi connectivity index (χ2n) is 30.1. The quantitative estimate of drug-likeness (QED) is 0.0774. The summed E-state index contributed by atoms with van der Waals surface area (Å²) < 4.78 is 70.6. The largest absolute Gasteiger partial charge is 0.512 e. The Kier molecular flexibility index (Phi) is 24.9. The van der Waals surface area contributed by atoms with Gasteiger partial charge in [0.1, 0.15) is 0 Å². The molecular formula is C113H87Ir2N8O2S2+. The van der Waals surface area contributed by atoms with Crippen molar-refractivity contribution >= 4 is 79.8 Å². The van der Waals surface area contributed by atoms with Crippen molar-refractivity contribution in [3.8, 4) is 95.7 Å². The zero-order valence-electron chi connectivity index (χ0n) is 76.5. The molecule has 12 aromatic carbocycles. The number of allylic oxidation sites excluding steroid dienone is 2. The first-order valence-electron chi connectivity index (χ1n) is 44.7. The third kappa shape index (κ3) is 19.6. The van der Waals surface area contributed by atoms with Crippen molar-refractivity contribution in [3.63, 3.8) is 0 Å². The van der Waals surface area contributed by atoms with E-state index in [9.17, 15) is 4.79 Å². The van der Waals surface area contributed by atoms with E-state index in [1.165, 1.54) is 134 Å². The summed E-state index contributed by atoms with van der Waals surface area (Å²) in [4.78, 5) is 23.5. The third-order valence-electron chi connectivity index (χ3n) is 21.7. The van der Waals surface area contributed by atoms with Crippen molar-refractivity contribution in [2.45, 2.75) is 47.0 Å². The normalized spacial score (nSPS) is 12.2. The maximum atomic E-state index is 10.0. The first-order valence-corrected chi connectivity index (χ1v) is 42.9. The summed E-state index contributed by atoms with van der Waals surface area (Å²) in [7, 11) is 0. The fourth-order valence-corrected chi connectivity index (χ4v) is 18.5. The summed E-state index contributed by atoms with van der Waals surface area (Å²) in [5.74, 6) is 0.857. The SMILES string of the molecule is CC(=O)C=C(C)O.Cc1cc[n+]2c(c1)-c1ccccc1C2.[2H]c1c[n+]2c(c([2H])c1[2H])-c1c([2H])c([2H])c([2H])c([2H])c1C2.[Ir].[Ir].[c-]1ccc2c(sc3ccccc32)c1-c1ccccn1.[c-]1ccccc1-c1ccccn1.[c-]1ccccc1-c1nc2ccccc2n1-c1ccccc1.c1cc[n+]2c(c1)-c1c(ccc3c1sc1ccccc13)C2.c1ccc(-c2ccc3c(c2)-c2cccc[n+]2C3)cc1. The Morgan fingerprint density at radius 2 is 1.00 bits per heavy atom. The van der Waals surface area contributed by atoms with Crippen LogP contribution in [0.25, 0.3) is 147 Å². The number of aliphatic hydroxyl groups excluding tert-OH is 1. The zero-order chi connectivity index (χ0) is 90.9. The summed E-state index contributed by atoms with van der Waals surface area (Å²) in [5, 5.41) is 13.7. The van der Waals surface area contributed by atoms with E-state index < -0.39 is 0 Å². The second kappa shape index (κ2) is 40.7. The maximum Gasteiger partial charge on any atom is 0.214 e. The number of ketones is 1. The molecule has 2 radical (unpaired) electrons. The van der Waals surface area contributed by atoms with Crippen molar-refractivity contribution in [1.29, 1.82) is 0 Å². The van der Waals surface area contributed by atoms with Gasteiger partial charge in [-0.1, -0.05) is 187 Å². The number of hydrogen-bond donors (Lipinski definition) is 1. The van der Waals surface area contributed by atoms with Crippen LogP contribution < -0.4 is 18.3 Å². The molecule has 0 bridgehead atoms. The number of hydrogen-bond acceptors (Lipinski definition) is 7. The molecule has 4 aliphatic heterocycles. The van der Waals surface area contributed by atoms with Gasteiger partial charge in [0.15, 0.2) is 56.7 Å². The predicted octanol–water partition coefficient (Wildman–Crippen LogP) is 25.3. The fourth-order valence-electron chi connectivity index (χ4n) is 16.0. The molecule has 0 spiro atoms. The van der Waals surface area contributed by atoms with Gasteiger partial charge in [-0.2, -0.15) is 29.6 Å². The molecule has 0 saturated carbocycles. The number of para-hydroxylation sites is 3. The van der Waals surface area contributed by atoms with E-state index in [0.29, 0.717) is 5.56 Å². The molecule has 10 nitrogen and oxygen atoms in total. The minimum absolute atomic E-state index is 0. The molecule has 0 saturated heterocycles. The maximum absolute atomic E-state index is 10.0. The standard InChI is InChI=1S/C19H13N2.C18H12NS.C18H14N.C17H10NS.C13H12N.C12H10N.C11H8N.C5H8O2.2Ir/c1-3-9-15(10-4-1)19-20-17-13-7-8-14-18(17)21(19)16-11-5-2-6-12-16;1-2-7-16-13(5-1)14-9-8-12-11-19-10-4-3-6-15(19)17(12)18(14)20-16;1-2-6-14(7-3-1)15-9-10-16-13-19-11-5-4-8-18(19)17(16)12-15;1-2-10-16-12(6-1)13-7-5-8-14(17(13)19-16)15-9-3-4-11-18-15;1-10-6-7-14-9-11-4-2-3-5-12(11)13(14)8-10;1-2-6-11-10(5-1)9-13-8-4-3-7-12(11)13;1-2-6-10(7-3-1)11-8-4-5-9-12-11;1-4(6)3-5(2)7;;/h1-9,11-14H;1-10H,11H2;1-12H,13H2;1-7,9-11H;2-8H,9H2,1H3;1-8H,9H2;1-6,8-9H;3,6H,1-2H3;;/q-1;2*+1;-1;2*+1;-1;;;/i;;;;;1D,2D,3D,4D,5D,6D,7D;;;;. The molecule has 127 heavy (non-hydrogen) atoms.